The molecular weight excluding hydrogens is 415 g/mol. The number of hydrogen-bond donors (Lipinski definition) is 1. The standard InChI is InChI=1S/C24H29FN2O5/c1-24(23(29)26-14-16-7-5-8-18(25)11-16)9-6-10-27(15-24)22(28)17-12-19(30-2)21(32-4)20(13-17)31-3/h5,7-8,11-13H,6,9-10,14-15H2,1-4H3,(H,26,29)/t24-/m1/s1. The van der Waals surface area contributed by atoms with Crippen molar-refractivity contribution in [3.8, 4) is 17.2 Å². The first-order valence-corrected chi connectivity index (χ1v) is 10.4. The van der Waals surface area contributed by atoms with Gasteiger partial charge in [0.15, 0.2) is 11.5 Å². The van der Waals surface area contributed by atoms with Gasteiger partial charge in [0.2, 0.25) is 11.7 Å². The van der Waals surface area contributed by atoms with Crippen LogP contribution in [0.2, 0.25) is 0 Å². The number of piperidine rings is 1. The molecular formula is C24H29FN2O5. The summed E-state index contributed by atoms with van der Waals surface area (Å²) in [4.78, 5) is 27.9. The average Bonchev–Trinajstić information content (AvgIpc) is 2.81. The molecule has 1 atom stereocenters. The SMILES string of the molecule is COc1cc(C(=O)N2CCC[C@@](C)(C(=O)NCc3cccc(F)c3)C2)cc(OC)c1OC. The first-order chi connectivity index (χ1) is 15.3. The number of nitrogens with zero attached hydrogens (tertiary/aromatic N) is 1. The second-order valence-electron chi connectivity index (χ2n) is 8.12. The maximum Gasteiger partial charge on any atom is 0.254 e. The van der Waals surface area contributed by atoms with Crippen molar-refractivity contribution in [2.45, 2.75) is 26.3 Å². The molecule has 2 aromatic rings. The van der Waals surface area contributed by atoms with Crippen molar-refractivity contribution in [3.05, 3.63) is 53.3 Å². The van der Waals surface area contributed by atoms with Gasteiger partial charge in [0.05, 0.1) is 26.7 Å². The van der Waals surface area contributed by atoms with E-state index in [1.807, 2.05) is 6.92 Å². The van der Waals surface area contributed by atoms with E-state index in [-0.39, 0.29) is 30.7 Å². The molecule has 0 saturated carbocycles. The Kier molecular flexibility index (Phi) is 7.22. The number of carbonyl (C=O) groups excluding carboxylic acids is 2. The fourth-order valence-electron chi connectivity index (χ4n) is 4.03. The summed E-state index contributed by atoms with van der Waals surface area (Å²) in [6.07, 6.45) is 1.35. The molecule has 0 aromatic heterocycles. The van der Waals surface area contributed by atoms with E-state index in [1.54, 1.807) is 29.2 Å². The monoisotopic (exact) mass is 444 g/mol. The van der Waals surface area contributed by atoms with Gasteiger partial charge >= 0.3 is 0 Å². The van der Waals surface area contributed by atoms with Crippen LogP contribution in [-0.4, -0.2) is 51.1 Å². The molecule has 1 saturated heterocycles. The third-order valence-electron chi connectivity index (χ3n) is 5.79. The summed E-state index contributed by atoms with van der Waals surface area (Å²) < 4.78 is 29.4. The van der Waals surface area contributed by atoms with E-state index in [0.717, 1.165) is 0 Å². The van der Waals surface area contributed by atoms with Crippen LogP contribution in [0.25, 0.3) is 0 Å². The Balaban J connectivity index is 1.74. The van der Waals surface area contributed by atoms with E-state index in [2.05, 4.69) is 5.32 Å². The lowest BCUT2D eigenvalue weighted by Crippen LogP contribution is -2.51. The van der Waals surface area contributed by atoms with E-state index in [0.29, 0.717) is 47.8 Å². The molecule has 0 unspecified atom stereocenters. The summed E-state index contributed by atoms with van der Waals surface area (Å²) in [5.74, 6) is 0.470. The number of ether oxygens (including phenoxy) is 3. The number of hydrogen-bond acceptors (Lipinski definition) is 5. The number of likely N-dealkylation sites (tertiary alicyclic amines) is 1. The van der Waals surface area contributed by atoms with Gasteiger partial charge in [-0.3, -0.25) is 9.59 Å². The summed E-state index contributed by atoms with van der Waals surface area (Å²) >= 11 is 0. The Morgan fingerprint density at radius 3 is 2.38 bits per heavy atom. The lowest BCUT2D eigenvalue weighted by Gasteiger charge is -2.39. The summed E-state index contributed by atoms with van der Waals surface area (Å²) in [5, 5.41) is 2.89. The molecule has 1 N–H and O–H groups in total. The van der Waals surface area contributed by atoms with E-state index in [1.165, 1.54) is 33.5 Å². The fourth-order valence-corrected chi connectivity index (χ4v) is 4.03. The third kappa shape index (κ3) is 4.95. The van der Waals surface area contributed by atoms with Gasteiger partial charge in [-0.1, -0.05) is 12.1 Å². The van der Waals surface area contributed by atoms with Gasteiger partial charge in [0.1, 0.15) is 5.82 Å². The highest BCUT2D eigenvalue weighted by atomic mass is 19.1. The molecule has 0 bridgehead atoms. The predicted octanol–water partition coefficient (Wildman–Crippen LogP) is 3.41. The van der Waals surface area contributed by atoms with Crippen molar-refractivity contribution >= 4 is 11.8 Å². The molecule has 2 amide bonds. The van der Waals surface area contributed by atoms with Crippen molar-refractivity contribution in [1.82, 2.24) is 10.2 Å². The zero-order valence-corrected chi connectivity index (χ0v) is 18.9. The molecule has 0 spiro atoms. The summed E-state index contributed by atoms with van der Waals surface area (Å²) in [7, 11) is 4.49. The Morgan fingerprint density at radius 2 is 1.78 bits per heavy atom. The summed E-state index contributed by atoms with van der Waals surface area (Å²) in [6.45, 7) is 2.90. The van der Waals surface area contributed by atoms with E-state index in [9.17, 15) is 14.0 Å². The lowest BCUT2D eigenvalue weighted by molar-refractivity contribution is -0.132. The smallest absolute Gasteiger partial charge is 0.254 e. The van der Waals surface area contributed by atoms with Crippen LogP contribution in [-0.2, 0) is 11.3 Å². The molecule has 8 heteroatoms. The average molecular weight is 445 g/mol. The minimum atomic E-state index is -0.748. The van der Waals surface area contributed by atoms with Crippen molar-refractivity contribution in [1.29, 1.82) is 0 Å². The van der Waals surface area contributed by atoms with Gasteiger partial charge in [-0.2, -0.15) is 0 Å². The lowest BCUT2D eigenvalue weighted by atomic mass is 9.80. The number of methoxy groups -OCH3 is 3. The van der Waals surface area contributed by atoms with E-state index < -0.39 is 5.41 Å². The van der Waals surface area contributed by atoms with Crippen molar-refractivity contribution < 1.29 is 28.2 Å². The second kappa shape index (κ2) is 9.89. The van der Waals surface area contributed by atoms with Gasteiger partial charge in [-0.15, -0.1) is 0 Å². The molecule has 1 aliphatic rings. The molecule has 172 valence electrons. The highest BCUT2D eigenvalue weighted by Crippen LogP contribution is 2.39. The van der Waals surface area contributed by atoms with Gasteiger partial charge in [0, 0.05) is 25.2 Å². The van der Waals surface area contributed by atoms with Crippen LogP contribution in [0.15, 0.2) is 36.4 Å². The summed E-state index contributed by atoms with van der Waals surface area (Å²) in [5.41, 5.74) is 0.328. The highest BCUT2D eigenvalue weighted by molar-refractivity contribution is 5.96. The molecule has 1 heterocycles. The molecule has 32 heavy (non-hydrogen) atoms. The van der Waals surface area contributed by atoms with Crippen LogP contribution in [0.4, 0.5) is 4.39 Å². The Labute approximate surface area is 187 Å². The molecule has 0 radical (unpaired) electrons. The van der Waals surface area contributed by atoms with Crippen LogP contribution >= 0.6 is 0 Å². The second-order valence-corrected chi connectivity index (χ2v) is 8.12. The van der Waals surface area contributed by atoms with E-state index in [4.69, 9.17) is 14.2 Å². The normalized spacial score (nSPS) is 18.1. The minimum Gasteiger partial charge on any atom is -0.493 e. The van der Waals surface area contributed by atoms with Gasteiger partial charge in [-0.05, 0) is 49.6 Å². The zero-order chi connectivity index (χ0) is 23.3. The van der Waals surface area contributed by atoms with Crippen LogP contribution in [0, 0.1) is 11.2 Å². The van der Waals surface area contributed by atoms with Crippen LogP contribution in [0.3, 0.4) is 0 Å². The minimum absolute atomic E-state index is 0.163. The van der Waals surface area contributed by atoms with Crippen molar-refractivity contribution in [2.75, 3.05) is 34.4 Å². The third-order valence-corrected chi connectivity index (χ3v) is 5.79. The maximum atomic E-state index is 13.4. The summed E-state index contributed by atoms with van der Waals surface area (Å²) in [6, 6.07) is 9.34. The number of rotatable bonds is 7. The number of benzene rings is 2. The number of halogens is 1. The predicted molar refractivity (Wildman–Crippen MR) is 118 cm³/mol. The Bertz CT molecular complexity index is 971. The fraction of sp³-hybridized carbons (Fsp3) is 0.417. The first-order valence-electron chi connectivity index (χ1n) is 10.4. The number of amides is 2. The topological polar surface area (TPSA) is 77.1 Å². The first kappa shape index (κ1) is 23.4. The van der Waals surface area contributed by atoms with Crippen molar-refractivity contribution in [2.24, 2.45) is 5.41 Å². The maximum absolute atomic E-state index is 13.4. The quantitative estimate of drug-likeness (QED) is 0.708. The van der Waals surface area contributed by atoms with Gasteiger partial charge in [-0.25, -0.2) is 4.39 Å². The molecule has 0 aliphatic carbocycles. The van der Waals surface area contributed by atoms with E-state index >= 15 is 0 Å². The molecule has 1 aliphatic heterocycles. The number of nitrogens with one attached hydrogen (secondary N) is 1. The molecule has 3 rings (SSSR count). The Morgan fingerprint density at radius 1 is 1.09 bits per heavy atom. The number of carbonyl (C=O) groups is 2. The van der Waals surface area contributed by atoms with Gasteiger partial charge < -0.3 is 24.4 Å². The zero-order valence-electron chi connectivity index (χ0n) is 18.9. The molecule has 2 aromatic carbocycles. The van der Waals surface area contributed by atoms with Gasteiger partial charge in [0.25, 0.3) is 5.91 Å². The largest absolute Gasteiger partial charge is 0.493 e. The highest BCUT2D eigenvalue weighted by Gasteiger charge is 2.39. The van der Waals surface area contributed by atoms with Crippen molar-refractivity contribution in [3.63, 3.8) is 0 Å². The van der Waals surface area contributed by atoms with Crippen LogP contribution in [0.5, 0.6) is 17.2 Å². The Hall–Kier alpha value is -3.29. The van der Waals surface area contributed by atoms with Crippen LogP contribution in [0.1, 0.15) is 35.7 Å². The van der Waals surface area contributed by atoms with Crippen LogP contribution < -0.4 is 19.5 Å². The molecule has 7 nitrogen and oxygen atoms in total. The molecule has 1 fully saturated rings.